The molecule has 0 aromatic heterocycles. The van der Waals surface area contributed by atoms with Crippen LogP contribution in [0.1, 0.15) is 5.56 Å². The van der Waals surface area contributed by atoms with Gasteiger partial charge in [-0.15, -0.1) is 0 Å². The summed E-state index contributed by atoms with van der Waals surface area (Å²) in [5.41, 5.74) is -1.16. The quantitative estimate of drug-likeness (QED) is 0.668. The third-order valence-electron chi connectivity index (χ3n) is 2.72. The fourth-order valence-electron chi connectivity index (χ4n) is 1.68. The van der Waals surface area contributed by atoms with Gasteiger partial charge in [0.05, 0.1) is 16.0 Å². The van der Waals surface area contributed by atoms with E-state index >= 15 is 0 Å². The van der Waals surface area contributed by atoms with Gasteiger partial charge in [0, 0.05) is 12.1 Å². The molecule has 9 heteroatoms. The Kier molecular flexibility index (Phi) is 4.70. The molecule has 120 valence electrons. The van der Waals surface area contributed by atoms with E-state index in [1.54, 1.807) is 30.3 Å². The first-order chi connectivity index (χ1) is 10.8. The topological polar surface area (TPSA) is 89.3 Å². The average molecular weight is 340 g/mol. The van der Waals surface area contributed by atoms with Crippen LogP contribution in [0.3, 0.4) is 0 Å². The van der Waals surface area contributed by atoms with E-state index in [2.05, 4.69) is 0 Å². The van der Waals surface area contributed by atoms with Gasteiger partial charge in [-0.2, -0.15) is 4.39 Å². The van der Waals surface area contributed by atoms with Crippen molar-refractivity contribution >= 4 is 27.5 Å². The maximum Gasteiger partial charge on any atom is 0.307 e. The molecule has 0 amide bonds. The van der Waals surface area contributed by atoms with Crippen molar-refractivity contribution < 1.29 is 22.1 Å². The lowest BCUT2D eigenvalue weighted by Crippen LogP contribution is -2.11. The maximum atomic E-state index is 13.6. The van der Waals surface area contributed by atoms with Crippen LogP contribution in [0.5, 0.6) is 0 Å². The SMILES string of the molecule is O=[N+]([O-])c1cc(NS(=O)(=O)/C=C/c2ccccc2)c(F)cc1F. The van der Waals surface area contributed by atoms with Gasteiger partial charge in [-0.1, -0.05) is 30.3 Å². The summed E-state index contributed by atoms with van der Waals surface area (Å²) in [6, 6.07) is 9.17. The van der Waals surface area contributed by atoms with Crippen LogP contribution >= 0.6 is 0 Å². The van der Waals surface area contributed by atoms with Gasteiger partial charge in [0.2, 0.25) is 5.82 Å². The number of benzene rings is 2. The highest BCUT2D eigenvalue weighted by Gasteiger charge is 2.20. The molecule has 2 aromatic carbocycles. The molecule has 0 saturated carbocycles. The number of nitrogens with zero attached hydrogens (tertiary/aromatic N) is 1. The van der Waals surface area contributed by atoms with Crippen LogP contribution in [-0.4, -0.2) is 13.3 Å². The first-order valence-corrected chi connectivity index (χ1v) is 7.72. The van der Waals surface area contributed by atoms with E-state index < -0.39 is 38.0 Å². The summed E-state index contributed by atoms with van der Waals surface area (Å²) in [5.74, 6) is -2.65. The van der Waals surface area contributed by atoms with Crippen molar-refractivity contribution in [2.24, 2.45) is 0 Å². The van der Waals surface area contributed by atoms with Crippen LogP contribution in [-0.2, 0) is 10.0 Å². The van der Waals surface area contributed by atoms with E-state index in [4.69, 9.17) is 0 Å². The highest BCUT2D eigenvalue weighted by molar-refractivity contribution is 7.95. The van der Waals surface area contributed by atoms with Crippen LogP contribution in [0.25, 0.3) is 6.08 Å². The molecule has 0 aliphatic heterocycles. The van der Waals surface area contributed by atoms with Gasteiger partial charge in [-0.05, 0) is 11.6 Å². The molecule has 0 spiro atoms. The van der Waals surface area contributed by atoms with E-state index in [0.29, 0.717) is 11.6 Å². The Bertz CT molecular complexity index is 868. The zero-order valence-electron chi connectivity index (χ0n) is 11.4. The molecule has 0 fully saturated rings. The molecule has 2 aromatic rings. The largest absolute Gasteiger partial charge is 0.307 e. The van der Waals surface area contributed by atoms with Gasteiger partial charge in [-0.25, -0.2) is 12.8 Å². The Labute approximate surface area is 130 Å². The van der Waals surface area contributed by atoms with Gasteiger partial charge in [0.15, 0.2) is 5.82 Å². The van der Waals surface area contributed by atoms with E-state index in [9.17, 15) is 27.3 Å². The minimum Gasteiger partial charge on any atom is -0.277 e. The van der Waals surface area contributed by atoms with Gasteiger partial charge in [-0.3, -0.25) is 14.8 Å². The summed E-state index contributed by atoms with van der Waals surface area (Å²) in [7, 11) is -4.13. The normalized spacial score (nSPS) is 11.6. The summed E-state index contributed by atoms with van der Waals surface area (Å²) < 4.78 is 52.3. The number of hydrogen-bond donors (Lipinski definition) is 1. The molecule has 1 N–H and O–H groups in total. The molecule has 0 aliphatic carbocycles. The number of halogens is 2. The molecule has 0 aliphatic rings. The van der Waals surface area contributed by atoms with Crippen molar-refractivity contribution in [2.45, 2.75) is 0 Å². The zero-order valence-corrected chi connectivity index (χ0v) is 12.3. The number of nitrogens with one attached hydrogen (secondary N) is 1. The number of nitro benzene ring substituents is 1. The molecule has 0 unspecified atom stereocenters. The Hall–Kier alpha value is -2.81. The molecule has 23 heavy (non-hydrogen) atoms. The molecule has 0 heterocycles. The lowest BCUT2D eigenvalue weighted by atomic mass is 10.2. The Morgan fingerprint density at radius 1 is 1.09 bits per heavy atom. The second-order valence-electron chi connectivity index (χ2n) is 4.40. The second kappa shape index (κ2) is 6.53. The fraction of sp³-hybridized carbons (Fsp3) is 0. The van der Waals surface area contributed by atoms with Crippen molar-refractivity contribution in [3.63, 3.8) is 0 Å². The number of sulfonamides is 1. The number of nitro groups is 1. The first kappa shape index (κ1) is 16.6. The van der Waals surface area contributed by atoms with Gasteiger partial charge < -0.3 is 0 Å². The third kappa shape index (κ3) is 4.33. The van der Waals surface area contributed by atoms with Crippen LogP contribution in [0.15, 0.2) is 47.9 Å². The van der Waals surface area contributed by atoms with Crippen LogP contribution in [0.2, 0.25) is 0 Å². The second-order valence-corrected chi connectivity index (χ2v) is 5.97. The molecule has 0 bridgehead atoms. The minimum atomic E-state index is -4.13. The summed E-state index contributed by atoms with van der Waals surface area (Å²) in [6.45, 7) is 0. The van der Waals surface area contributed by atoms with Crippen LogP contribution in [0, 0.1) is 21.7 Å². The Balaban J connectivity index is 2.29. The fourth-order valence-corrected chi connectivity index (χ4v) is 2.54. The number of anilines is 1. The van der Waals surface area contributed by atoms with Crippen LogP contribution < -0.4 is 4.72 Å². The predicted octanol–water partition coefficient (Wildman–Crippen LogP) is 3.29. The minimum absolute atomic E-state index is 0.247. The lowest BCUT2D eigenvalue weighted by molar-refractivity contribution is -0.387. The zero-order chi connectivity index (χ0) is 17.0. The lowest BCUT2D eigenvalue weighted by Gasteiger charge is -2.06. The Morgan fingerprint density at radius 2 is 1.74 bits per heavy atom. The van der Waals surface area contributed by atoms with Crippen molar-refractivity contribution in [3.05, 3.63) is 75.2 Å². The summed E-state index contributed by atoms with van der Waals surface area (Å²) in [4.78, 5) is 9.54. The van der Waals surface area contributed by atoms with E-state index in [1.807, 2.05) is 4.72 Å². The third-order valence-corrected chi connectivity index (χ3v) is 3.72. The summed E-state index contributed by atoms with van der Waals surface area (Å²) in [6.07, 6.45) is 1.26. The monoisotopic (exact) mass is 340 g/mol. The van der Waals surface area contributed by atoms with E-state index in [0.717, 1.165) is 5.41 Å². The van der Waals surface area contributed by atoms with Gasteiger partial charge in [0.25, 0.3) is 10.0 Å². The van der Waals surface area contributed by atoms with Crippen molar-refractivity contribution in [1.82, 2.24) is 0 Å². The standard InChI is InChI=1S/C14H10F2N2O4S/c15-11-8-12(16)14(18(19)20)9-13(11)17-23(21,22)7-6-10-4-2-1-3-5-10/h1-9,17H/b7-6+. The highest BCUT2D eigenvalue weighted by Crippen LogP contribution is 2.26. The molecule has 6 nitrogen and oxygen atoms in total. The molecular weight excluding hydrogens is 330 g/mol. The molecular formula is C14H10F2N2O4S. The molecule has 0 saturated heterocycles. The smallest absolute Gasteiger partial charge is 0.277 e. The molecule has 2 rings (SSSR count). The predicted molar refractivity (Wildman–Crippen MR) is 81.0 cm³/mol. The Morgan fingerprint density at radius 3 is 2.35 bits per heavy atom. The van der Waals surface area contributed by atoms with Gasteiger partial charge >= 0.3 is 5.69 Å². The van der Waals surface area contributed by atoms with Crippen LogP contribution in [0.4, 0.5) is 20.2 Å². The molecule has 0 atom stereocenters. The van der Waals surface area contributed by atoms with Crippen molar-refractivity contribution in [2.75, 3.05) is 4.72 Å². The average Bonchev–Trinajstić information content (AvgIpc) is 2.49. The van der Waals surface area contributed by atoms with Crippen molar-refractivity contribution in [1.29, 1.82) is 0 Å². The maximum absolute atomic E-state index is 13.6. The molecule has 0 radical (unpaired) electrons. The van der Waals surface area contributed by atoms with E-state index in [1.165, 1.54) is 6.08 Å². The van der Waals surface area contributed by atoms with E-state index in [-0.39, 0.29) is 6.07 Å². The first-order valence-electron chi connectivity index (χ1n) is 6.18. The number of hydrogen-bond acceptors (Lipinski definition) is 4. The summed E-state index contributed by atoms with van der Waals surface area (Å²) >= 11 is 0. The highest BCUT2D eigenvalue weighted by atomic mass is 32.2. The van der Waals surface area contributed by atoms with Gasteiger partial charge in [0.1, 0.15) is 0 Å². The number of rotatable bonds is 5. The van der Waals surface area contributed by atoms with Crippen molar-refractivity contribution in [3.8, 4) is 0 Å². The summed E-state index contributed by atoms with van der Waals surface area (Å²) in [5, 5.41) is 11.4.